The first-order chi connectivity index (χ1) is 12.8. The van der Waals surface area contributed by atoms with E-state index in [2.05, 4.69) is 10.4 Å². The molecule has 2 aliphatic rings. The van der Waals surface area contributed by atoms with Crippen molar-refractivity contribution in [2.24, 2.45) is 5.10 Å². The average Bonchev–Trinajstić information content (AvgIpc) is 3.00. The molecule has 2 amide bonds. The van der Waals surface area contributed by atoms with Crippen molar-refractivity contribution in [2.75, 3.05) is 23.4 Å². The smallest absolute Gasteiger partial charge is 0.355 e. The largest absolute Gasteiger partial charge is 0.451 e. The van der Waals surface area contributed by atoms with Crippen molar-refractivity contribution < 1.29 is 27.5 Å². The summed E-state index contributed by atoms with van der Waals surface area (Å²) in [7, 11) is -3.19. The monoisotopic (exact) mass is 393 g/mol. The first-order valence-electron chi connectivity index (χ1n) is 8.46. The topological polar surface area (TPSA) is 122 Å². The van der Waals surface area contributed by atoms with Gasteiger partial charge < -0.3 is 10.1 Å². The number of ether oxygens (including phenoxy) is 1. The maximum absolute atomic E-state index is 12.2. The fourth-order valence-electron chi connectivity index (χ4n) is 2.91. The van der Waals surface area contributed by atoms with Crippen LogP contribution in [0.3, 0.4) is 0 Å². The summed E-state index contributed by atoms with van der Waals surface area (Å²) in [6.07, 6.45) is 0.425. The average molecular weight is 393 g/mol. The van der Waals surface area contributed by atoms with Crippen LogP contribution in [0.4, 0.5) is 5.69 Å². The van der Waals surface area contributed by atoms with Crippen LogP contribution in [0.5, 0.6) is 0 Å². The summed E-state index contributed by atoms with van der Waals surface area (Å²) in [5, 5.41) is 7.66. The number of sulfone groups is 1. The molecule has 1 aromatic rings. The number of hydrazone groups is 1. The van der Waals surface area contributed by atoms with Gasteiger partial charge in [0.1, 0.15) is 5.71 Å². The van der Waals surface area contributed by atoms with E-state index in [4.69, 9.17) is 4.74 Å². The molecule has 144 valence electrons. The molecule has 0 spiro atoms. The van der Waals surface area contributed by atoms with Crippen molar-refractivity contribution in [1.82, 2.24) is 5.01 Å². The summed E-state index contributed by atoms with van der Waals surface area (Å²) < 4.78 is 28.2. The van der Waals surface area contributed by atoms with Crippen molar-refractivity contribution >= 4 is 39.0 Å². The van der Waals surface area contributed by atoms with E-state index in [1.165, 1.54) is 0 Å². The number of rotatable bonds is 5. The number of benzene rings is 1. The molecular weight excluding hydrogens is 374 g/mol. The zero-order valence-electron chi connectivity index (χ0n) is 14.5. The molecule has 0 unspecified atom stereocenters. The van der Waals surface area contributed by atoms with E-state index in [0.29, 0.717) is 12.1 Å². The van der Waals surface area contributed by atoms with Crippen LogP contribution >= 0.6 is 0 Å². The number of anilines is 1. The molecule has 1 aromatic carbocycles. The Labute approximate surface area is 156 Å². The second-order valence-corrected chi connectivity index (χ2v) is 8.56. The Hall–Kier alpha value is -2.75. The summed E-state index contributed by atoms with van der Waals surface area (Å²) in [6, 6.07) is 8.15. The van der Waals surface area contributed by atoms with Gasteiger partial charge in [-0.3, -0.25) is 9.59 Å². The maximum atomic E-state index is 12.2. The lowest BCUT2D eigenvalue weighted by atomic mass is 10.1. The summed E-state index contributed by atoms with van der Waals surface area (Å²) in [6.45, 7) is -0.488. The SMILES string of the molecule is O=C(COC(=O)C1=NN([C@H]2CCS(=O)(=O)C2)C(=O)CC1)Nc1ccccc1. The molecule has 27 heavy (non-hydrogen) atoms. The number of esters is 1. The van der Waals surface area contributed by atoms with Crippen LogP contribution in [0.15, 0.2) is 35.4 Å². The molecule has 0 saturated carbocycles. The number of para-hydroxylation sites is 1. The van der Waals surface area contributed by atoms with Crippen molar-refractivity contribution in [3.8, 4) is 0 Å². The number of hydrogen-bond donors (Lipinski definition) is 1. The van der Waals surface area contributed by atoms with Crippen LogP contribution < -0.4 is 5.32 Å². The van der Waals surface area contributed by atoms with Crippen LogP contribution in [-0.2, 0) is 29.0 Å². The third-order valence-corrected chi connectivity index (χ3v) is 5.99. The minimum absolute atomic E-state index is 0.00357. The lowest BCUT2D eigenvalue weighted by Crippen LogP contribution is -2.42. The van der Waals surface area contributed by atoms with Gasteiger partial charge in [0.2, 0.25) is 5.91 Å². The van der Waals surface area contributed by atoms with Gasteiger partial charge in [0.05, 0.1) is 17.5 Å². The van der Waals surface area contributed by atoms with Crippen LogP contribution in [0, 0.1) is 0 Å². The summed E-state index contributed by atoms with van der Waals surface area (Å²) >= 11 is 0. The fourth-order valence-corrected chi connectivity index (χ4v) is 4.60. The molecule has 10 heteroatoms. The van der Waals surface area contributed by atoms with Crippen molar-refractivity contribution in [3.05, 3.63) is 30.3 Å². The second kappa shape index (κ2) is 7.87. The zero-order chi connectivity index (χ0) is 19.4. The highest BCUT2D eigenvalue weighted by atomic mass is 32.2. The van der Waals surface area contributed by atoms with Crippen LogP contribution in [0.1, 0.15) is 19.3 Å². The highest BCUT2D eigenvalue weighted by molar-refractivity contribution is 7.91. The van der Waals surface area contributed by atoms with E-state index in [-0.39, 0.29) is 36.0 Å². The van der Waals surface area contributed by atoms with Gasteiger partial charge >= 0.3 is 5.97 Å². The van der Waals surface area contributed by atoms with Gasteiger partial charge in [0.15, 0.2) is 16.4 Å². The Morgan fingerprint density at radius 3 is 2.63 bits per heavy atom. The third kappa shape index (κ3) is 4.91. The molecule has 0 aliphatic carbocycles. The molecule has 1 fully saturated rings. The van der Waals surface area contributed by atoms with Crippen LogP contribution in [-0.4, -0.2) is 61.1 Å². The number of carbonyl (C=O) groups excluding carboxylic acids is 3. The highest BCUT2D eigenvalue weighted by Crippen LogP contribution is 2.22. The van der Waals surface area contributed by atoms with Gasteiger partial charge in [-0.15, -0.1) is 0 Å². The van der Waals surface area contributed by atoms with Crippen LogP contribution in [0.2, 0.25) is 0 Å². The molecule has 2 heterocycles. The molecule has 0 bridgehead atoms. The van der Waals surface area contributed by atoms with E-state index < -0.39 is 34.4 Å². The zero-order valence-corrected chi connectivity index (χ0v) is 15.3. The first kappa shape index (κ1) is 19.0. The summed E-state index contributed by atoms with van der Waals surface area (Å²) in [4.78, 5) is 36.0. The Kier molecular flexibility index (Phi) is 5.54. The Balaban J connectivity index is 1.58. The van der Waals surface area contributed by atoms with Gasteiger partial charge in [0, 0.05) is 18.5 Å². The lowest BCUT2D eigenvalue weighted by molar-refractivity contribution is -0.141. The minimum atomic E-state index is -3.19. The molecule has 9 nitrogen and oxygen atoms in total. The highest BCUT2D eigenvalue weighted by Gasteiger charge is 2.37. The van der Waals surface area contributed by atoms with E-state index in [1.54, 1.807) is 30.3 Å². The predicted octanol–water partition coefficient (Wildman–Crippen LogP) is 0.334. The number of hydrogen-bond acceptors (Lipinski definition) is 7. The molecule has 1 saturated heterocycles. The fraction of sp³-hybridized carbons (Fsp3) is 0.412. The predicted molar refractivity (Wildman–Crippen MR) is 96.6 cm³/mol. The van der Waals surface area contributed by atoms with Crippen molar-refractivity contribution in [3.63, 3.8) is 0 Å². The quantitative estimate of drug-likeness (QED) is 0.720. The lowest BCUT2D eigenvalue weighted by Gasteiger charge is -2.27. The van der Waals surface area contributed by atoms with E-state index in [1.807, 2.05) is 0 Å². The standard InChI is InChI=1S/C17H19N3O6S/c21-15(18-12-4-2-1-3-5-12)10-26-17(23)14-6-7-16(22)20(19-14)13-8-9-27(24,25)11-13/h1-5,13H,6-11H2,(H,18,21)/t13-/m0/s1. The van der Waals surface area contributed by atoms with Crippen molar-refractivity contribution in [2.45, 2.75) is 25.3 Å². The maximum Gasteiger partial charge on any atom is 0.355 e. The molecule has 0 radical (unpaired) electrons. The normalized spacial score (nSPS) is 21.5. The van der Waals surface area contributed by atoms with Gasteiger partial charge in [0.25, 0.3) is 5.91 Å². The molecular formula is C17H19N3O6S. The number of carbonyl (C=O) groups is 3. The Morgan fingerprint density at radius 1 is 1.22 bits per heavy atom. The van der Waals surface area contributed by atoms with Crippen LogP contribution in [0.25, 0.3) is 0 Å². The molecule has 3 rings (SSSR count). The molecule has 2 aliphatic heterocycles. The number of amides is 2. The third-order valence-electron chi connectivity index (χ3n) is 4.24. The Morgan fingerprint density at radius 2 is 1.96 bits per heavy atom. The van der Waals surface area contributed by atoms with Gasteiger partial charge in [-0.2, -0.15) is 5.10 Å². The molecule has 1 atom stereocenters. The van der Waals surface area contributed by atoms with Crippen molar-refractivity contribution in [1.29, 1.82) is 0 Å². The second-order valence-electron chi connectivity index (χ2n) is 6.33. The van der Waals surface area contributed by atoms with Gasteiger partial charge in [-0.1, -0.05) is 18.2 Å². The first-order valence-corrected chi connectivity index (χ1v) is 10.3. The number of nitrogens with zero attached hydrogens (tertiary/aromatic N) is 2. The molecule has 0 aromatic heterocycles. The van der Waals surface area contributed by atoms with Gasteiger partial charge in [-0.05, 0) is 18.6 Å². The van der Waals surface area contributed by atoms with E-state index in [0.717, 1.165) is 5.01 Å². The summed E-state index contributed by atoms with van der Waals surface area (Å²) in [5.74, 6) is -1.78. The number of nitrogens with one attached hydrogen (secondary N) is 1. The van der Waals surface area contributed by atoms with Gasteiger partial charge in [-0.25, -0.2) is 18.2 Å². The van der Waals surface area contributed by atoms with E-state index in [9.17, 15) is 22.8 Å². The molecule has 1 N–H and O–H groups in total. The van der Waals surface area contributed by atoms with E-state index >= 15 is 0 Å². The summed E-state index contributed by atoms with van der Waals surface area (Å²) in [5.41, 5.74) is 0.583. The Bertz CT molecular complexity index is 881. The minimum Gasteiger partial charge on any atom is -0.451 e.